The molecule has 1 aromatic carbocycles. The molecule has 0 aliphatic rings. The first-order valence-electron chi connectivity index (χ1n) is 6.60. The topological polar surface area (TPSA) is 79.8 Å². The van der Waals surface area contributed by atoms with Gasteiger partial charge in [-0.25, -0.2) is 18.5 Å². The van der Waals surface area contributed by atoms with Crippen molar-refractivity contribution in [2.75, 3.05) is 5.32 Å². The van der Waals surface area contributed by atoms with Crippen molar-refractivity contribution < 1.29 is 4.39 Å². The largest absolute Gasteiger partial charge is 0.355 e. The van der Waals surface area contributed by atoms with Crippen LogP contribution in [0.1, 0.15) is 31.0 Å². The molecule has 2 N–H and O–H groups in total. The number of halogens is 1. The van der Waals surface area contributed by atoms with Crippen molar-refractivity contribution in [1.82, 2.24) is 14.5 Å². The molecule has 0 aliphatic heterocycles. The fraction of sp³-hybridized carbons (Fsp3) is 0.357. The van der Waals surface area contributed by atoms with Crippen LogP contribution in [0.25, 0.3) is 0 Å². The second-order valence-corrected chi connectivity index (χ2v) is 5.09. The van der Waals surface area contributed by atoms with E-state index in [1.165, 1.54) is 6.07 Å². The SMILES string of the molecule is Cc1ccc(F)c(CNc2nc(=O)n(C(C)C)c(=O)[nH]2)c1. The van der Waals surface area contributed by atoms with Crippen LogP contribution in [0.2, 0.25) is 0 Å². The highest BCUT2D eigenvalue weighted by Crippen LogP contribution is 2.11. The summed E-state index contributed by atoms with van der Waals surface area (Å²) in [6.07, 6.45) is 0. The minimum absolute atomic E-state index is 0.0304. The number of anilines is 1. The maximum atomic E-state index is 13.6. The van der Waals surface area contributed by atoms with Gasteiger partial charge in [0.15, 0.2) is 0 Å². The highest BCUT2D eigenvalue weighted by Gasteiger charge is 2.09. The average molecular weight is 292 g/mol. The van der Waals surface area contributed by atoms with Crippen LogP contribution in [0.5, 0.6) is 0 Å². The standard InChI is InChI=1S/C14H17FN4O2/c1-8(2)19-13(20)17-12(18-14(19)21)16-7-10-6-9(3)4-5-11(10)15/h4-6,8H,7H2,1-3H3,(H2,16,17,18,20,21). The molecular formula is C14H17FN4O2. The lowest BCUT2D eigenvalue weighted by Crippen LogP contribution is -2.38. The Hall–Kier alpha value is -2.44. The van der Waals surface area contributed by atoms with Gasteiger partial charge in [-0.2, -0.15) is 4.98 Å². The highest BCUT2D eigenvalue weighted by atomic mass is 19.1. The van der Waals surface area contributed by atoms with Crippen molar-refractivity contribution in [2.45, 2.75) is 33.4 Å². The van der Waals surface area contributed by atoms with Gasteiger partial charge in [0.1, 0.15) is 5.82 Å². The van der Waals surface area contributed by atoms with Crippen molar-refractivity contribution in [1.29, 1.82) is 0 Å². The van der Waals surface area contributed by atoms with Crippen molar-refractivity contribution in [3.8, 4) is 0 Å². The maximum absolute atomic E-state index is 13.6. The van der Waals surface area contributed by atoms with Gasteiger partial charge in [0.05, 0.1) is 0 Å². The zero-order valence-electron chi connectivity index (χ0n) is 12.1. The number of hydrogen-bond acceptors (Lipinski definition) is 4. The monoisotopic (exact) mass is 292 g/mol. The van der Waals surface area contributed by atoms with E-state index >= 15 is 0 Å². The summed E-state index contributed by atoms with van der Waals surface area (Å²) < 4.78 is 14.6. The lowest BCUT2D eigenvalue weighted by Gasteiger charge is -2.10. The van der Waals surface area contributed by atoms with Crippen molar-refractivity contribution in [2.24, 2.45) is 0 Å². The normalized spacial score (nSPS) is 10.9. The summed E-state index contributed by atoms with van der Waals surface area (Å²) in [4.78, 5) is 29.7. The summed E-state index contributed by atoms with van der Waals surface area (Å²) in [5.74, 6) is -0.325. The van der Waals surface area contributed by atoms with Gasteiger partial charge in [-0.15, -0.1) is 0 Å². The van der Waals surface area contributed by atoms with Crippen LogP contribution >= 0.6 is 0 Å². The predicted molar refractivity (Wildman–Crippen MR) is 78.0 cm³/mol. The smallest absolute Gasteiger partial charge is 0.351 e. The van der Waals surface area contributed by atoms with Crippen molar-refractivity contribution in [3.05, 3.63) is 56.1 Å². The van der Waals surface area contributed by atoms with Crippen LogP contribution in [0, 0.1) is 12.7 Å². The van der Waals surface area contributed by atoms with Crippen molar-refractivity contribution in [3.63, 3.8) is 0 Å². The third-order valence-corrected chi connectivity index (χ3v) is 3.02. The van der Waals surface area contributed by atoms with E-state index in [0.717, 1.165) is 10.1 Å². The molecule has 2 aromatic rings. The van der Waals surface area contributed by atoms with Crippen LogP contribution in [-0.4, -0.2) is 14.5 Å². The number of nitrogens with zero attached hydrogens (tertiary/aromatic N) is 2. The molecule has 0 fully saturated rings. The molecule has 0 radical (unpaired) electrons. The van der Waals surface area contributed by atoms with E-state index < -0.39 is 11.4 Å². The molecule has 0 saturated carbocycles. The van der Waals surface area contributed by atoms with E-state index in [4.69, 9.17) is 0 Å². The number of nitrogens with one attached hydrogen (secondary N) is 2. The zero-order chi connectivity index (χ0) is 15.6. The number of aromatic amines is 1. The van der Waals surface area contributed by atoms with Crippen LogP contribution in [0.15, 0.2) is 27.8 Å². The number of H-pyrrole nitrogens is 1. The van der Waals surface area contributed by atoms with E-state index in [1.807, 2.05) is 6.92 Å². The molecule has 0 spiro atoms. The number of hydrogen-bond donors (Lipinski definition) is 2. The number of aryl methyl sites for hydroxylation is 1. The molecule has 0 saturated heterocycles. The van der Waals surface area contributed by atoms with E-state index in [9.17, 15) is 14.0 Å². The second-order valence-electron chi connectivity index (χ2n) is 5.09. The fourth-order valence-electron chi connectivity index (χ4n) is 1.98. The molecule has 0 atom stereocenters. The third-order valence-electron chi connectivity index (χ3n) is 3.02. The van der Waals surface area contributed by atoms with Crippen LogP contribution in [0.4, 0.5) is 10.3 Å². The molecule has 1 aromatic heterocycles. The van der Waals surface area contributed by atoms with Crippen molar-refractivity contribution >= 4 is 5.95 Å². The Morgan fingerprint density at radius 2 is 2.10 bits per heavy atom. The summed E-state index contributed by atoms with van der Waals surface area (Å²) in [5.41, 5.74) is 0.175. The number of rotatable bonds is 4. The Balaban J connectivity index is 2.23. The lowest BCUT2D eigenvalue weighted by atomic mass is 10.1. The van der Waals surface area contributed by atoms with Gasteiger partial charge in [0, 0.05) is 18.2 Å². The van der Waals surface area contributed by atoms with Crippen LogP contribution in [0.3, 0.4) is 0 Å². The molecule has 0 unspecified atom stereocenters. The van der Waals surface area contributed by atoms with Gasteiger partial charge >= 0.3 is 11.4 Å². The molecule has 6 nitrogen and oxygen atoms in total. The number of benzene rings is 1. The fourth-order valence-corrected chi connectivity index (χ4v) is 1.98. The summed E-state index contributed by atoms with van der Waals surface area (Å²) in [5, 5.41) is 2.76. The second kappa shape index (κ2) is 5.90. The van der Waals surface area contributed by atoms with Gasteiger partial charge in [0.2, 0.25) is 5.95 Å². The summed E-state index contributed by atoms with van der Waals surface area (Å²) in [7, 11) is 0. The maximum Gasteiger partial charge on any atom is 0.355 e. The van der Waals surface area contributed by atoms with E-state index in [1.54, 1.807) is 26.0 Å². The Labute approximate surface area is 120 Å². The van der Waals surface area contributed by atoms with E-state index in [-0.39, 0.29) is 24.4 Å². The van der Waals surface area contributed by atoms with Gasteiger partial charge in [-0.05, 0) is 26.8 Å². The summed E-state index contributed by atoms with van der Waals surface area (Å²) in [6.45, 7) is 5.41. The molecular weight excluding hydrogens is 275 g/mol. The third kappa shape index (κ3) is 3.36. The average Bonchev–Trinajstić information content (AvgIpc) is 2.38. The molecule has 0 bridgehead atoms. The Morgan fingerprint density at radius 1 is 1.38 bits per heavy atom. The highest BCUT2D eigenvalue weighted by molar-refractivity contribution is 5.29. The van der Waals surface area contributed by atoms with Gasteiger partial charge < -0.3 is 5.32 Å². The first kappa shape index (κ1) is 15.0. The number of aromatic nitrogens is 3. The first-order chi connectivity index (χ1) is 9.88. The minimum Gasteiger partial charge on any atom is -0.351 e. The van der Waals surface area contributed by atoms with Crippen LogP contribution < -0.4 is 16.7 Å². The van der Waals surface area contributed by atoms with Gasteiger partial charge in [-0.1, -0.05) is 17.7 Å². The molecule has 112 valence electrons. The van der Waals surface area contributed by atoms with Gasteiger partial charge in [0.25, 0.3) is 0 Å². The first-order valence-corrected chi connectivity index (χ1v) is 6.60. The predicted octanol–water partition coefficient (Wildman–Crippen LogP) is 1.57. The molecule has 7 heteroatoms. The molecule has 1 heterocycles. The van der Waals surface area contributed by atoms with Crippen LogP contribution in [-0.2, 0) is 6.54 Å². The van der Waals surface area contributed by atoms with E-state index in [2.05, 4.69) is 15.3 Å². The molecule has 0 amide bonds. The Bertz CT molecular complexity index is 733. The lowest BCUT2D eigenvalue weighted by molar-refractivity contribution is 0.530. The Kier molecular flexibility index (Phi) is 4.21. The summed E-state index contributed by atoms with van der Waals surface area (Å²) >= 11 is 0. The summed E-state index contributed by atoms with van der Waals surface area (Å²) in [6, 6.07) is 4.45. The zero-order valence-corrected chi connectivity index (χ0v) is 12.1. The molecule has 2 rings (SSSR count). The minimum atomic E-state index is -0.638. The van der Waals surface area contributed by atoms with Gasteiger partial charge in [-0.3, -0.25) is 4.98 Å². The molecule has 21 heavy (non-hydrogen) atoms. The van der Waals surface area contributed by atoms with E-state index in [0.29, 0.717) is 5.56 Å². The quantitative estimate of drug-likeness (QED) is 0.896. The Morgan fingerprint density at radius 3 is 2.71 bits per heavy atom. The molecule has 0 aliphatic carbocycles.